The van der Waals surface area contributed by atoms with E-state index in [0.29, 0.717) is 12.3 Å². The highest BCUT2D eigenvalue weighted by molar-refractivity contribution is 5.96. The number of fused-ring (bicyclic) bond motifs is 1. The molecule has 7 nitrogen and oxygen atoms in total. The van der Waals surface area contributed by atoms with Crippen molar-refractivity contribution in [3.63, 3.8) is 0 Å². The molecule has 96 valence electrons. The van der Waals surface area contributed by atoms with E-state index in [9.17, 15) is 14.9 Å². The van der Waals surface area contributed by atoms with Crippen LogP contribution in [0.4, 0.5) is 11.6 Å². The van der Waals surface area contributed by atoms with Crippen LogP contribution < -0.4 is 9.64 Å². The first-order valence-corrected chi connectivity index (χ1v) is 5.57. The number of carbonyl (C=O) groups excluding carboxylic acids is 1. The van der Waals surface area contributed by atoms with Gasteiger partial charge in [-0.3, -0.25) is 9.69 Å². The third-order valence-corrected chi connectivity index (χ3v) is 2.47. The van der Waals surface area contributed by atoms with Crippen molar-refractivity contribution >= 4 is 17.5 Å². The van der Waals surface area contributed by atoms with E-state index in [1.54, 1.807) is 0 Å². The van der Waals surface area contributed by atoms with Crippen molar-refractivity contribution in [2.24, 2.45) is 5.92 Å². The molecule has 7 heteroatoms. The van der Waals surface area contributed by atoms with Crippen LogP contribution in [0.2, 0.25) is 0 Å². The maximum atomic E-state index is 11.8. The van der Waals surface area contributed by atoms with Crippen LogP contribution in [0.5, 0.6) is 5.75 Å². The number of nitro groups is 1. The lowest BCUT2D eigenvalue weighted by atomic mass is 10.2. The van der Waals surface area contributed by atoms with Crippen LogP contribution in [0, 0.1) is 16.0 Å². The van der Waals surface area contributed by atoms with E-state index in [0.717, 1.165) is 0 Å². The summed E-state index contributed by atoms with van der Waals surface area (Å²) in [6, 6.07) is 2.74. The Hall–Kier alpha value is -2.18. The summed E-state index contributed by atoms with van der Waals surface area (Å²) in [5, 5.41) is 10.7. The molecule has 0 fully saturated rings. The van der Waals surface area contributed by atoms with E-state index in [4.69, 9.17) is 4.74 Å². The first-order valence-electron chi connectivity index (χ1n) is 5.57. The molecule has 0 atom stereocenters. The number of hydrogen-bond donors (Lipinski definition) is 0. The van der Waals surface area contributed by atoms with E-state index >= 15 is 0 Å². The summed E-state index contributed by atoms with van der Waals surface area (Å²) in [7, 11) is 0. The molecule has 1 aromatic heterocycles. The van der Waals surface area contributed by atoms with E-state index in [2.05, 4.69) is 4.98 Å². The maximum Gasteiger partial charge on any atom is 0.366 e. The molecule has 0 unspecified atom stereocenters. The lowest BCUT2D eigenvalue weighted by Crippen LogP contribution is -2.41. The van der Waals surface area contributed by atoms with Crippen molar-refractivity contribution < 1.29 is 14.5 Å². The number of amides is 1. The van der Waals surface area contributed by atoms with Crippen molar-refractivity contribution in [1.82, 2.24) is 4.98 Å². The van der Waals surface area contributed by atoms with Crippen molar-refractivity contribution in [2.75, 3.05) is 18.1 Å². The maximum absolute atomic E-state index is 11.8. The van der Waals surface area contributed by atoms with Gasteiger partial charge in [-0.15, -0.1) is 0 Å². The monoisotopic (exact) mass is 251 g/mol. The summed E-state index contributed by atoms with van der Waals surface area (Å²) >= 11 is 0. The number of aromatic nitrogens is 1. The predicted molar refractivity (Wildman–Crippen MR) is 63.6 cm³/mol. The second-order valence-electron chi connectivity index (χ2n) is 4.44. The number of hydrogen-bond acceptors (Lipinski definition) is 5. The third-order valence-electron chi connectivity index (χ3n) is 2.47. The van der Waals surface area contributed by atoms with Crippen molar-refractivity contribution in [3.8, 4) is 5.75 Å². The van der Waals surface area contributed by atoms with Crippen LogP contribution in [0.15, 0.2) is 12.1 Å². The summed E-state index contributed by atoms with van der Waals surface area (Å²) in [4.78, 5) is 27.2. The van der Waals surface area contributed by atoms with Gasteiger partial charge in [0.05, 0.1) is 0 Å². The van der Waals surface area contributed by atoms with Gasteiger partial charge >= 0.3 is 5.82 Å². The molecule has 1 amide bonds. The Balaban J connectivity index is 2.43. The van der Waals surface area contributed by atoms with Crippen LogP contribution in [0.25, 0.3) is 0 Å². The molecule has 2 rings (SSSR count). The van der Waals surface area contributed by atoms with E-state index in [1.807, 2.05) is 13.8 Å². The topological polar surface area (TPSA) is 85.6 Å². The van der Waals surface area contributed by atoms with Gasteiger partial charge in [0.2, 0.25) is 0 Å². The number of anilines is 1. The Morgan fingerprint density at radius 1 is 1.56 bits per heavy atom. The predicted octanol–water partition coefficient (Wildman–Crippen LogP) is 1.37. The number of nitrogens with zero attached hydrogens (tertiary/aromatic N) is 3. The molecule has 0 aromatic carbocycles. The molecule has 18 heavy (non-hydrogen) atoms. The minimum atomic E-state index is -0.590. The first kappa shape index (κ1) is 12.3. The number of ether oxygens (including phenoxy) is 1. The molecule has 0 N–H and O–H groups in total. The standard InChI is InChI=1S/C11H13N3O4/c1-7(2)5-13-10(15)6-18-8-3-4-9(14(16)17)12-11(8)13/h3-4,7H,5-6H2,1-2H3. The highest BCUT2D eigenvalue weighted by atomic mass is 16.6. The van der Waals surface area contributed by atoms with Gasteiger partial charge in [0.15, 0.2) is 12.4 Å². The van der Waals surface area contributed by atoms with E-state index in [1.165, 1.54) is 17.0 Å². The zero-order valence-electron chi connectivity index (χ0n) is 10.1. The second kappa shape index (κ2) is 4.59. The Kier molecular flexibility index (Phi) is 3.14. The van der Waals surface area contributed by atoms with Crippen LogP contribution >= 0.6 is 0 Å². The molecule has 0 saturated carbocycles. The van der Waals surface area contributed by atoms with Crippen molar-refractivity contribution in [2.45, 2.75) is 13.8 Å². The molecule has 0 bridgehead atoms. The Bertz CT molecular complexity index is 501. The lowest BCUT2D eigenvalue weighted by molar-refractivity contribution is -0.389. The van der Waals surface area contributed by atoms with Gasteiger partial charge in [-0.25, -0.2) is 0 Å². The van der Waals surface area contributed by atoms with Gasteiger partial charge in [0.1, 0.15) is 0 Å². The zero-order valence-corrected chi connectivity index (χ0v) is 10.1. The second-order valence-corrected chi connectivity index (χ2v) is 4.44. The van der Waals surface area contributed by atoms with Crippen LogP contribution in [0.3, 0.4) is 0 Å². The average molecular weight is 251 g/mol. The normalized spacial score (nSPS) is 14.4. The van der Waals surface area contributed by atoms with Gasteiger partial charge in [-0.2, -0.15) is 0 Å². The van der Waals surface area contributed by atoms with Gasteiger partial charge in [0, 0.05) is 12.6 Å². The Labute approximate surface area is 104 Å². The number of rotatable bonds is 3. The summed E-state index contributed by atoms with van der Waals surface area (Å²) < 4.78 is 5.21. The SMILES string of the molecule is CC(C)CN1C(=O)COc2ccc([N+](=O)[O-])nc21. The van der Waals surface area contributed by atoms with Crippen molar-refractivity contribution in [1.29, 1.82) is 0 Å². The average Bonchev–Trinajstić information content (AvgIpc) is 2.31. The minimum Gasteiger partial charge on any atom is -0.477 e. The fourth-order valence-corrected chi connectivity index (χ4v) is 1.72. The minimum absolute atomic E-state index is 0.0563. The van der Waals surface area contributed by atoms with E-state index in [-0.39, 0.29) is 30.1 Å². The molecule has 0 spiro atoms. The molecule has 1 aliphatic heterocycles. The van der Waals surface area contributed by atoms with Crippen molar-refractivity contribution in [3.05, 3.63) is 22.2 Å². The number of pyridine rings is 1. The fraction of sp³-hybridized carbons (Fsp3) is 0.455. The smallest absolute Gasteiger partial charge is 0.366 e. The molecule has 1 aliphatic rings. The zero-order chi connectivity index (χ0) is 13.3. The highest BCUT2D eigenvalue weighted by Crippen LogP contribution is 2.32. The quantitative estimate of drug-likeness (QED) is 0.598. The van der Waals surface area contributed by atoms with Crippen LogP contribution in [-0.2, 0) is 4.79 Å². The van der Waals surface area contributed by atoms with Gasteiger partial charge in [-0.1, -0.05) is 13.8 Å². The third kappa shape index (κ3) is 2.24. The molecule has 0 radical (unpaired) electrons. The van der Waals surface area contributed by atoms with Gasteiger partial charge in [0.25, 0.3) is 11.7 Å². The highest BCUT2D eigenvalue weighted by Gasteiger charge is 2.32. The summed E-state index contributed by atoms with van der Waals surface area (Å²) in [6.07, 6.45) is 0. The van der Waals surface area contributed by atoms with Crippen LogP contribution in [-0.4, -0.2) is 29.0 Å². The summed E-state index contributed by atoms with van der Waals surface area (Å²) in [5.74, 6) is 0.348. The Morgan fingerprint density at radius 3 is 2.89 bits per heavy atom. The Morgan fingerprint density at radius 2 is 2.28 bits per heavy atom. The molecule has 2 heterocycles. The molecular weight excluding hydrogens is 238 g/mol. The summed E-state index contributed by atoms with van der Waals surface area (Å²) in [6.45, 7) is 4.32. The molecular formula is C11H13N3O4. The largest absolute Gasteiger partial charge is 0.477 e. The fourth-order valence-electron chi connectivity index (χ4n) is 1.72. The van der Waals surface area contributed by atoms with E-state index < -0.39 is 4.92 Å². The summed E-state index contributed by atoms with van der Waals surface area (Å²) in [5.41, 5.74) is 0. The van der Waals surface area contributed by atoms with Crippen LogP contribution in [0.1, 0.15) is 13.8 Å². The van der Waals surface area contributed by atoms with Gasteiger partial charge < -0.3 is 14.9 Å². The number of carbonyl (C=O) groups is 1. The molecule has 1 aromatic rings. The molecule has 0 aliphatic carbocycles. The molecule has 0 saturated heterocycles. The lowest BCUT2D eigenvalue weighted by Gasteiger charge is -2.26. The first-order chi connectivity index (χ1) is 8.49. The van der Waals surface area contributed by atoms with Gasteiger partial charge in [-0.05, 0) is 21.9 Å².